The summed E-state index contributed by atoms with van der Waals surface area (Å²) in [6.45, 7) is 10.8. The van der Waals surface area contributed by atoms with Crippen LogP contribution in [0.25, 0.3) is 17.1 Å². The molecule has 0 spiro atoms. The lowest BCUT2D eigenvalue weighted by Gasteiger charge is -2.15. The van der Waals surface area contributed by atoms with Gasteiger partial charge in [0.05, 0.1) is 5.69 Å². The predicted octanol–water partition coefficient (Wildman–Crippen LogP) is 6.54. The first kappa shape index (κ1) is 20.3. The van der Waals surface area contributed by atoms with E-state index in [1.54, 1.807) is 0 Å². The Morgan fingerprint density at radius 3 is 2.11 bits per heavy atom. The van der Waals surface area contributed by atoms with Crippen LogP contribution in [0.15, 0.2) is 36.4 Å². The maximum absolute atomic E-state index is 4.78. The number of aryl methyl sites for hydroxylation is 5. The molecule has 3 heteroatoms. The van der Waals surface area contributed by atoms with Gasteiger partial charge in [0.1, 0.15) is 5.82 Å². The van der Waals surface area contributed by atoms with Gasteiger partial charge in [-0.05, 0) is 74.8 Å². The smallest absolute Gasteiger partial charge is 0.163 e. The highest BCUT2D eigenvalue weighted by atomic mass is 15.4. The van der Waals surface area contributed by atoms with E-state index in [2.05, 4.69) is 64.1 Å². The quantitative estimate of drug-likeness (QED) is 0.447. The molecule has 0 aliphatic carbocycles. The molecule has 2 aromatic carbocycles. The van der Waals surface area contributed by atoms with Crippen LogP contribution in [0.2, 0.25) is 0 Å². The fourth-order valence-corrected chi connectivity index (χ4v) is 3.91. The Hall–Kier alpha value is -2.42. The van der Waals surface area contributed by atoms with Crippen LogP contribution in [-0.4, -0.2) is 14.8 Å². The van der Waals surface area contributed by atoms with Gasteiger partial charge in [0.2, 0.25) is 0 Å². The number of unbranched alkanes of at least 4 members (excludes halogenated alkanes) is 2. The fraction of sp³-hybridized carbons (Fsp3) is 0.440. The summed E-state index contributed by atoms with van der Waals surface area (Å²) in [5, 5.41) is 4.77. The van der Waals surface area contributed by atoms with E-state index in [-0.39, 0.29) is 0 Å². The first-order chi connectivity index (χ1) is 13.5. The summed E-state index contributed by atoms with van der Waals surface area (Å²) in [5.41, 5.74) is 7.62. The molecular weight excluding hydrogens is 342 g/mol. The van der Waals surface area contributed by atoms with E-state index in [9.17, 15) is 0 Å². The maximum Gasteiger partial charge on any atom is 0.163 e. The van der Waals surface area contributed by atoms with Crippen molar-refractivity contribution in [2.45, 2.75) is 73.1 Å². The van der Waals surface area contributed by atoms with Crippen LogP contribution in [0.4, 0.5) is 0 Å². The van der Waals surface area contributed by atoms with E-state index in [0.717, 1.165) is 35.7 Å². The molecule has 0 saturated carbocycles. The summed E-state index contributed by atoms with van der Waals surface area (Å²) in [5.74, 6) is 1.74. The maximum atomic E-state index is 4.78. The standard InChI is InChI=1S/C25H33N3/c1-6-8-11-21-13-10-14-23(17-21)25-26-20(5)27-28(25)24-18(3)15-22(12-9-7-2)16-19(24)4/h10,13-17H,6-9,11-12H2,1-5H3. The Morgan fingerprint density at radius 1 is 0.821 bits per heavy atom. The summed E-state index contributed by atoms with van der Waals surface area (Å²) in [6, 6.07) is 13.4. The molecule has 0 bridgehead atoms. The second-order valence-corrected chi connectivity index (χ2v) is 7.88. The highest BCUT2D eigenvalue weighted by Gasteiger charge is 2.16. The minimum Gasteiger partial charge on any atom is -0.212 e. The topological polar surface area (TPSA) is 30.7 Å². The zero-order valence-corrected chi connectivity index (χ0v) is 18.0. The number of hydrogen-bond acceptors (Lipinski definition) is 2. The van der Waals surface area contributed by atoms with E-state index >= 15 is 0 Å². The zero-order chi connectivity index (χ0) is 20.1. The molecule has 0 saturated heterocycles. The minimum atomic E-state index is 0.808. The van der Waals surface area contributed by atoms with Crippen LogP contribution in [-0.2, 0) is 12.8 Å². The number of aromatic nitrogens is 3. The van der Waals surface area contributed by atoms with Gasteiger partial charge in [-0.2, -0.15) is 5.10 Å². The summed E-state index contributed by atoms with van der Waals surface area (Å²) >= 11 is 0. The third-order valence-electron chi connectivity index (χ3n) is 5.30. The molecule has 0 aliphatic rings. The third kappa shape index (κ3) is 4.52. The van der Waals surface area contributed by atoms with Crippen LogP contribution in [0, 0.1) is 20.8 Å². The van der Waals surface area contributed by atoms with Crippen molar-refractivity contribution in [3.8, 4) is 17.1 Å². The van der Waals surface area contributed by atoms with E-state index in [4.69, 9.17) is 10.1 Å². The molecule has 148 valence electrons. The van der Waals surface area contributed by atoms with Crippen molar-refractivity contribution in [3.63, 3.8) is 0 Å². The largest absolute Gasteiger partial charge is 0.212 e. The van der Waals surface area contributed by atoms with Gasteiger partial charge in [-0.3, -0.25) is 0 Å². The predicted molar refractivity (Wildman–Crippen MR) is 118 cm³/mol. The number of benzene rings is 2. The SMILES string of the molecule is CCCCc1cccc(-c2nc(C)nn2-c2c(C)cc(CCCC)cc2C)c1. The second-order valence-electron chi connectivity index (χ2n) is 7.88. The van der Waals surface area contributed by atoms with E-state index in [0.29, 0.717) is 0 Å². The lowest BCUT2D eigenvalue weighted by molar-refractivity contribution is 0.790. The van der Waals surface area contributed by atoms with E-state index in [1.807, 2.05) is 11.6 Å². The van der Waals surface area contributed by atoms with Crippen molar-refractivity contribution in [2.75, 3.05) is 0 Å². The van der Waals surface area contributed by atoms with Gasteiger partial charge in [-0.1, -0.05) is 57.0 Å². The van der Waals surface area contributed by atoms with Gasteiger partial charge < -0.3 is 0 Å². The van der Waals surface area contributed by atoms with Crippen molar-refractivity contribution >= 4 is 0 Å². The molecule has 0 fully saturated rings. The first-order valence-corrected chi connectivity index (χ1v) is 10.7. The van der Waals surface area contributed by atoms with Crippen molar-refractivity contribution in [2.24, 2.45) is 0 Å². The van der Waals surface area contributed by atoms with Gasteiger partial charge in [0.15, 0.2) is 5.82 Å². The molecule has 1 aromatic heterocycles. The number of rotatable bonds is 8. The molecule has 3 aromatic rings. The molecule has 0 atom stereocenters. The van der Waals surface area contributed by atoms with Gasteiger partial charge in [0.25, 0.3) is 0 Å². The Balaban J connectivity index is 2.04. The highest BCUT2D eigenvalue weighted by Crippen LogP contribution is 2.28. The van der Waals surface area contributed by atoms with Crippen molar-refractivity contribution < 1.29 is 0 Å². The molecule has 1 heterocycles. The molecule has 3 rings (SSSR count). The van der Waals surface area contributed by atoms with E-state index in [1.165, 1.54) is 47.9 Å². The van der Waals surface area contributed by atoms with Gasteiger partial charge in [0, 0.05) is 5.56 Å². The Kier molecular flexibility index (Phi) is 6.66. The normalized spacial score (nSPS) is 11.2. The molecule has 0 N–H and O–H groups in total. The Labute approximate surface area is 169 Å². The average Bonchev–Trinajstić information content (AvgIpc) is 3.05. The van der Waals surface area contributed by atoms with E-state index < -0.39 is 0 Å². The minimum absolute atomic E-state index is 0.808. The monoisotopic (exact) mass is 375 g/mol. The van der Waals surface area contributed by atoms with Crippen molar-refractivity contribution in [1.82, 2.24) is 14.8 Å². The highest BCUT2D eigenvalue weighted by molar-refractivity contribution is 5.61. The Bertz CT molecular complexity index is 914. The number of nitrogens with zero attached hydrogens (tertiary/aromatic N) is 3. The lowest BCUT2D eigenvalue weighted by Crippen LogP contribution is -2.06. The van der Waals surface area contributed by atoms with Crippen LogP contribution in [0.5, 0.6) is 0 Å². The van der Waals surface area contributed by atoms with Crippen molar-refractivity contribution in [3.05, 3.63) is 64.5 Å². The first-order valence-electron chi connectivity index (χ1n) is 10.7. The van der Waals surface area contributed by atoms with Crippen LogP contribution in [0.3, 0.4) is 0 Å². The van der Waals surface area contributed by atoms with Gasteiger partial charge >= 0.3 is 0 Å². The Morgan fingerprint density at radius 2 is 1.46 bits per heavy atom. The molecule has 0 radical (unpaired) electrons. The molecule has 0 amide bonds. The van der Waals surface area contributed by atoms with Gasteiger partial charge in [-0.15, -0.1) is 0 Å². The number of hydrogen-bond donors (Lipinski definition) is 0. The molecule has 0 unspecified atom stereocenters. The molecule has 3 nitrogen and oxygen atoms in total. The third-order valence-corrected chi connectivity index (χ3v) is 5.30. The second kappa shape index (κ2) is 9.18. The van der Waals surface area contributed by atoms with Crippen LogP contribution >= 0.6 is 0 Å². The zero-order valence-electron chi connectivity index (χ0n) is 18.0. The molecule has 0 aliphatic heterocycles. The lowest BCUT2D eigenvalue weighted by atomic mass is 10.00. The van der Waals surface area contributed by atoms with Gasteiger partial charge in [-0.25, -0.2) is 9.67 Å². The summed E-state index contributed by atoms with van der Waals surface area (Å²) in [7, 11) is 0. The van der Waals surface area contributed by atoms with Crippen LogP contribution in [0.1, 0.15) is 67.6 Å². The van der Waals surface area contributed by atoms with Crippen molar-refractivity contribution in [1.29, 1.82) is 0 Å². The summed E-state index contributed by atoms with van der Waals surface area (Å²) in [6.07, 6.45) is 7.13. The average molecular weight is 376 g/mol. The molecular formula is C25H33N3. The summed E-state index contributed by atoms with van der Waals surface area (Å²) < 4.78 is 2.04. The summed E-state index contributed by atoms with van der Waals surface area (Å²) in [4.78, 5) is 4.78. The molecule has 28 heavy (non-hydrogen) atoms. The fourth-order valence-electron chi connectivity index (χ4n) is 3.91. The van der Waals surface area contributed by atoms with Crippen LogP contribution < -0.4 is 0 Å².